The van der Waals surface area contributed by atoms with Crippen molar-refractivity contribution in [1.82, 2.24) is 29.5 Å². The largest absolute Gasteiger partial charge is 0.462 e. The van der Waals surface area contributed by atoms with Crippen LogP contribution in [0.25, 0.3) is 27.9 Å². The molecule has 38 heavy (non-hydrogen) atoms. The second-order valence-electron chi connectivity index (χ2n) is 9.42. The normalized spacial score (nSPS) is 17.3. The molecule has 0 radical (unpaired) electrons. The summed E-state index contributed by atoms with van der Waals surface area (Å²) in [5.74, 6) is 0.269. The molecule has 0 bridgehead atoms. The molecule has 0 spiro atoms. The zero-order chi connectivity index (χ0) is 26.2. The number of rotatable bonds is 7. The minimum Gasteiger partial charge on any atom is -0.462 e. The number of fused-ring (bicyclic) bond motifs is 2. The fraction of sp³-hybridized carbons (Fsp3) is 0.286. The van der Waals surface area contributed by atoms with Crippen LogP contribution in [-0.4, -0.2) is 63.0 Å². The van der Waals surface area contributed by atoms with Crippen LogP contribution in [0.1, 0.15) is 28.9 Å². The lowest BCUT2D eigenvalue weighted by atomic mass is 10.1. The number of nitrogens with one attached hydrogen (secondary N) is 1. The van der Waals surface area contributed by atoms with Gasteiger partial charge < -0.3 is 19.5 Å². The quantitative estimate of drug-likeness (QED) is 0.329. The molecule has 0 unspecified atom stereocenters. The van der Waals surface area contributed by atoms with Crippen LogP contribution in [0.3, 0.4) is 0 Å². The van der Waals surface area contributed by atoms with Crippen LogP contribution in [0.5, 0.6) is 0 Å². The number of aromatic nitrogens is 5. The van der Waals surface area contributed by atoms with Gasteiger partial charge >= 0.3 is 5.97 Å². The van der Waals surface area contributed by atoms with Gasteiger partial charge in [-0.3, -0.25) is 0 Å². The number of hydrogen-bond donors (Lipinski definition) is 1. The standard InChI is InChI=1S/C28H28FN7O2/c1-3-38-28(37)20-13-32-36-25(34(2)16-18-8-5-4-6-9-18)12-23(33-27(20)36)21-17-35(24-15-30-14-22(24)29)26-19(21)10-7-11-31-26/h4-13,17,22,24,30H,3,14-16H2,1-2H3/t22-,24-/m0/s1. The summed E-state index contributed by atoms with van der Waals surface area (Å²) in [6.07, 6.45) is 4.10. The van der Waals surface area contributed by atoms with E-state index in [2.05, 4.69) is 32.4 Å². The zero-order valence-electron chi connectivity index (χ0n) is 21.2. The van der Waals surface area contributed by atoms with Crippen molar-refractivity contribution >= 4 is 28.5 Å². The van der Waals surface area contributed by atoms with Crippen molar-refractivity contribution in [1.29, 1.82) is 0 Å². The van der Waals surface area contributed by atoms with Crippen molar-refractivity contribution in [2.24, 2.45) is 0 Å². The number of benzene rings is 1. The van der Waals surface area contributed by atoms with E-state index in [0.717, 1.165) is 22.3 Å². The van der Waals surface area contributed by atoms with Gasteiger partial charge in [0.15, 0.2) is 5.65 Å². The van der Waals surface area contributed by atoms with Gasteiger partial charge in [-0.15, -0.1) is 0 Å². The predicted octanol–water partition coefficient (Wildman–Crippen LogP) is 4.04. The van der Waals surface area contributed by atoms with E-state index in [0.29, 0.717) is 36.6 Å². The third-order valence-electron chi connectivity index (χ3n) is 6.94. The Labute approximate surface area is 218 Å². The van der Waals surface area contributed by atoms with E-state index >= 15 is 0 Å². The summed E-state index contributed by atoms with van der Waals surface area (Å²) in [5.41, 5.74) is 3.94. The minimum absolute atomic E-state index is 0.246. The maximum atomic E-state index is 14.8. The highest BCUT2D eigenvalue weighted by atomic mass is 19.1. The molecule has 1 N–H and O–H groups in total. The second kappa shape index (κ2) is 9.86. The topological polar surface area (TPSA) is 89.6 Å². The van der Waals surface area contributed by atoms with Crippen LogP contribution < -0.4 is 10.2 Å². The van der Waals surface area contributed by atoms with E-state index in [1.54, 1.807) is 17.6 Å². The molecule has 194 valence electrons. The summed E-state index contributed by atoms with van der Waals surface area (Å²) in [5, 5.41) is 8.48. The van der Waals surface area contributed by atoms with Crippen LogP contribution >= 0.6 is 0 Å². The molecular formula is C28H28FN7O2. The fourth-order valence-corrected chi connectivity index (χ4v) is 5.09. The van der Waals surface area contributed by atoms with Crippen molar-refractivity contribution in [2.45, 2.75) is 25.7 Å². The van der Waals surface area contributed by atoms with Gasteiger partial charge in [-0.05, 0) is 24.6 Å². The number of alkyl halides is 1. The number of anilines is 1. The summed E-state index contributed by atoms with van der Waals surface area (Å²) >= 11 is 0. The predicted molar refractivity (Wildman–Crippen MR) is 143 cm³/mol. The van der Waals surface area contributed by atoms with E-state index in [9.17, 15) is 9.18 Å². The lowest BCUT2D eigenvalue weighted by Gasteiger charge is -2.21. The van der Waals surface area contributed by atoms with Crippen molar-refractivity contribution in [3.63, 3.8) is 0 Å². The van der Waals surface area contributed by atoms with Crippen LogP contribution in [0.2, 0.25) is 0 Å². The molecule has 2 atom stereocenters. The first kappa shape index (κ1) is 24.1. The number of carbonyl (C=O) groups is 1. The van der Waals surface area contributed by atoms with Crippen LogP contribution in [0.15, 0.2) is 67.1 Å². The number of carbonyl (C=O) groups excluding carboxylic acids is 1. The highest BCUT2D eigenvalue weighted by Gasteiger charge is 2.31. The van der Waals surface area contributed by atoms with E-state index in [4.69, 9.17) is 9.72 Å². The molecule has 0 amide bonds. The Morgan fingerprint density at radius 3 is 2.79 bits per heavy atom. The van der Waals surface area contributed by atoms with Crippen molar-refractivity contribution in [2.75, 3.05) is 31.6 Å². The van der Waals surface area contributed by atoms with Crippen molar-refractivity contribution < 1.29 is 13.9 Å². The van der Waals surface area contributed by atoms with Gasteiger partial charge in [-0.1, -0.05) is 30.3 Å². The Morgan fingerprint density at radius 2 is 2.03 bits per heavy atom. The number of nitrogens with zero attached hydrogens (tertiary/aromatic N) is 6. The van der Waals surface area contributed by atoms with Crippen molar-refractivity contribution in [3.8, 4) is 11.3 Å². The summed E-state index contributed by atoms with van der Waals surface area (Å²) in [7, 11) is 1.97. The third kappa shape index (κ3) is 4.16. The monoisotopic (exact) mass is 513 g/mol. The summed E-state index contributed by atoms with van der Waals surface area (Å²) in [4.78, 5) is 24.3. The molecule has 0 aliphatic carbocycles. The number of ether oxygens (including phenoxy) is 1. The summed E-state index contributed by atoms with van der Waals surface area (Å²) in [6, 6.07) is 15.5. The minimum atomic E-state index is -1.02. The SMILES string of the molecule is CCOC(=O)c1cnn2c(N(C)Cc3ccccc3)cc(-c3cn([C@H]4CNC[C@@H]4F)c4ncccc34)nc12. The van der Waals surface area contributed by atoms with Gasteiger partial charge in [0, 0.05) is 56.1 Å². The van der Waals surface area contributed by atoms with Gasteiger partial charge in [-0.2, -0.15) is 9.61 Å². The number of hydrogen-bond acceptors (Lipinski definition) is 7. The molecule has 1 aliphatic heterocycles. The maximum absolute atomic E-state index is 14.8. The number of esters is 1. The van der Waals surface area contributed by atoms with Crippen LogP contribution in [0.4, 0.5) is 10.2 Å². The third-order valence-corrected chi connectivity index (χ3v) is 6.94. The Balaban J connectivity index is 1.54. The number of pyridine rings is 1. The smallest absolute Gasteiger partial charge is 0.343 e. The molecule has 1 aliphatic rings. The molecule has 5 heterocycles. The van der Waals surface area contributed by atoms with Gasteiger partial charge in [-0.25, -0.2) is 19.2 Å². The average Bonchev–Trinajstić information content (AvgIpc) is 3.65. The molecule has 1 fully saturated rings. The Morgan fingerprint density at radius 1 is 1.18 bits per heavy atom. The van der Waals surface area contributed by atoms with Crippen LogP contribution in [-0.2, 0) is 11.3 Å². The summed E-state index contributed by atoms with van der Waals surface area (Å²) < 4.78 is 23.6. The lowest BCUT2D eigenvalue weighted by Crippen LogP contribution is -2.20. The van der Waals surface area contributed by atoms with Crippen molar-refractivity contribution in [3.05, 3.63) is 78.2 Å². The zero-order valence-corrected chi connectivity index (χ0v) is 21.2. The average molecular weight is 514 g/mol. The molecule has 6 rings (SSSR count). The molecule has 5 aromatic rings. The molecule has 1 saturated heterocycles. The Hall–Kier alpha value is -4.31. The molecule has 4 aromatic heterocycles. The van der Waals surface area contributed by atoms with E-state index < -0.39 is 12.1 Å². The fourth-order valence-electron chi connectivity index (χ4n) is 5.09. The van der Waals surface area contributed by atoms with E-state index in [1.807, 2.05) is 54.2 Å². The maximum Gasteiger partial charge on any atom is 0.343 e. The molecule has 1 aromatic carbocycles. The Kier molecular flexibility index (Phi) is 6.24. The van der Waals surface area contributed by atoms with Crippen LogP contribution in [0, 0.1) is 0 Å². The van der Waals surface area contributed by atoms with Gasteiger partial charge in [0.1, 0.15) is 23.2 Å². The first-order valence-corrected chi connectivity index (χ1v) is 12.7. The Bertz CT molecular complexity index is 1610. The van der Waals surface area contributed by atoms with Gasteiger partial charge in [0.05, 0.1) is 24.5 Å². The highest BCUT2D eigenvalue weighted by molar-refractivity contribution is 5.98. The molecule has 0 saturated carbocycles. The molecule has 10 heteroatoms. The first-order valence-electron chi connectivity index (χ1n) is 12.7. The first-order chi connectivity index (χ1) is 18.5. The summed E-state index contributed by atoms with van der Waals surface area (Å²) in [6.45, 7) is 3.46. The van der Waals surface area contributed by atoms with E-state index in [1.165, 1.54) is 6.20 Å². The van der Waals surface area contributed by atoms with Gasteiger partial charge in [0.2, 0.25) is 0 Å². The number of halogens is 1. The lowest BCUT2D eigenvalue weighted by molar-refractivity contribution is 0.0528. The van der Waals surface area contributed by atoms with Gasteiger partial charge in [0.25, 0.3) is 0 Å². The molecular weight excluding hydrogens is 485 g/mol. The molecule has 9 nitrogen and oxygen atoms in total. The van der Waals surface area contributed by atoms with E-state index in [-0.39, 0.29) is 18.2 Å². The highest BCUT2D eigenvalue weighted by Crippen LogP contribution is 2.35. The second-order valence-corrected chi connectivity index (χ2v) is 9.42.